The fourth-order valence-corrected chi connectivity index (χ4v) is 3.59. The van der Waals surface area contributed by atoms with E-state index in [1.807, 2.05) is 54.9 Å². The maximum Gasteiger partial charge on any atom is 0.265 e. The zero-order valence-corrected chi connectivity index (χ0v) is 14.2. The summed E-state index contributed by atoms with van der Waals surface area (Å²) in [5, 5.41) is 2.86. The van der Waals surface area contributed by atoms with Crippen molar-refractivity contribution in [3.8, 4) is 0 Å². The Kier molecular flexibility index (Phi) is 3.95. The van der Waals surface area contributed by atoms with Crippen LogP contribution in [-0.2, 0) is 6.54 Å². The third kappa shape index (κ3) is 3.12. The number of nitrogens with one attached hydrogen (secondary N) is 1. The first-order valence-corrected chi connectivity index (χ1v) is 8.67. The van der Waals surface area contributed by atoms with E-state index in [0.717, 1.165) is 15.9 Å². The summed E-state index contributed by atoms with van der Waals surface area (Å²) in [6, 6.07) is 19.1. The number of benzene rings is 2. The largest absolute Gasteiger partial charge is 0.397 e. The number of aromatic nitrogens is 2. The standard InChI is InChI=1S/C19H16N4OS/c20-14-5-1-2-6-15(14)22-19(24)18-10-9-13(25-18)11-23-12-21-16-7-3-4-8-17(16)23/h1-10,12H,11,20H2,(H,22,24). The van der Waals surface area contributed by atoms with Crippen LogP contribution in [0.3, 0.4) is 0 Å². The summed E-state index contributed by atoms with van der Waals surface area (Å²) in [6.45, 7) is 0.686. The number of nitrogen functional groups attached to an aromatic ring is 1. The van der Waals surface area contributed by atoms with E-state index in [0.29, 0.717) is 22.8 Å². The number of fused-ring (bicyclic) bond motifs is 1. The van der Waals surface area contributed by atoms with Crippen LogP contribution in [0.1, 0.15) is 14.5 Å². The molecular formula is C19H16N4OS. The molecule has 0 saturated carbocycles. The average molecular weight is 348 g/mol. The molecule has 0 aliphatic rings. The smallest absolute Gasteiger partial charge is 0.265 e. The molecule has 0 aliphatic carbocycles. The topological polar surface area (TPSA) is 72.9 Å². The van der Waals surface area contributed by atoms with Crippen molar-refractivity contribution >= 4 is 39.7 Å². The minimum atomic E-state index is -0.148. The maximum atomic E-state index is 12.4. The third-order valence-corrected chi connectivity index (χ3v) is 5.02. The lowest BCUT2D eigenvalue weighted by molar-refractivity contribution is 0.103. The normalized spacial score (nSPS) is 10.9. The van der Waals surface area contributed by atoms with Gasteiger partial charge in [-0.3, -0.25) is 4.79 Å². The number of nitrogens with two attached hydrogens (primary N) is 1. The van der Waals surface area contributed by atoms with Gasteiger partial charge in [-0.1, -0.05) is 24.3 Å². The molecule has 2 aromatic carbocycles. The number of carbonyl (C=O) groups excluding carboxylic acids is 1. The second-order valence-electron chi connectivity index (χ2n) is 5.67. The van der Waals surface area contributed by atoms with Crippen molar-refractivity contribution in [3.05, 3.63) is 76.7 Å². The van der Waals surface area contributed by atoms with Crippen molar-refractivity contribution in [2.75, 3.05) is 11.1 Å². The quantitative estimate of drug-likeness (QED) is 0.548. The highest BCUT2D eigenvalue weighted by Gasteiger charge is 2.12. The van der Waals surface area contributed by atoms with Crippen molar-refractivity contribution in [2.45, 2.75) is 6.54 Å². The van der Waals surface area contributed by atoms with E-state index in [-0.39, 0.29) is 5.91 Å². The Labute approximate surface area is 148 Å². The maximum absolute atomic E-state index is 12.4. The molecule has 5 nitrogen and oxygen atoms in total. The molecule has 2 aromatic heterocycles. The monoisotopic (exact) mass is 348 g/mol. The highest BCUT2D eigenvalue weighted by Crippen LogP contribution is 2.23. The van der Waals surface area contributed by atoms with Gasteiger partial charge in [0.05, 0.1) is 40.2 Å². The molecule has 0 unspecified atom stereocenters. The molecule has 0 bridgehead atoms. The van der Waals surface area contributed by atoms with Gasteiger partial charge in [-0.05, 0) is 36.4 Å². The van der Waals surface area contributed by atoms with Crippen molar-refractivity contribution < 1.29 is 4.79 Å². The van der Waals surface area contributed by atoms with Gasteiger partial charge in [0.2, 0.25) is 0 Å². The molecular weight excluding hydrogens is 332 g/mol. The molecule has 0 saturated heterocycles. The average Bonchev–Trinajstić information content (AvgIpc) is 3.25. The molecule has 4 aromatic rings. The molecule has 124 valence electrons. The SMILES string of the molecule is Nc1ccccc1NC(=O)c1ccc(Cn2cnc3ccccc32)s1. The molecule has 25 heavy (non-hydrogen) atoms. The number of nitrogens with zero attached hydrogens (tertiary/aromatic N) is 2. The van der Waals surface area contributed by atoms with E-state index in [1.54, 1.807) is 12.1 Å². The van der Waals surface area contributed by atoms with E-state index in [1.165, 1.54) is 11.3 Å². The van der Waals surface area contributed by atoms with Gasteiger partial charge in [0, 0.05) is 4.88 Å². The number of carbonyl (C=O) groups is 1. The fourth-order valence-electron chi connectivity index (χ4n) is 2.68. The van der Waals surface area contributed by atoms with Gasteiger partial charge in [-0.15, -0.1) is 11.3 Å². The van der Waals surface area contributed by atoms with Crippen LogP contribution in [0.4, 0.5) is 11.4 Å². The van der Waals surface area contributed by atoms with Gasteiger partial charge in [-0.25, -0.2) is 4.98 Å². The number of rotatable bonds is 4. The second kappa shape index (κ2) is 6.41. The summed E-state index contributed by atoms with van der Waals surface area (Å²) >= 11 is 1.47. The van der Waals surface area contributed by atoms with Crippen LogP contribution in [0, 0.1) is 0 Å². The first-order chi connectivity index (χ1) is 12.2. The number of thiophene rings is 1. The van der Waals surface area contributed by atoms with E-state index in [4.69, 9.17) is 5.73 Å². The Bertz CT molecular complexity index is 1050. The van der Waals surface area contributed by atoms with Crippen LogP contribution in [0.2, 0.25) is 0 Å². The zero-order chi connectivity index (χ0) is 17.2. The summed E-state index contributed by atoms with van der Waals surface area (Å²) in [5.74, 6) is -0.148. The lowest BCUT2D eigenvalue weighted by Gasteiger charge is -2.06. The summed E-state index contributed by atoms with van der Waals surface area (Å²) in [5.41, 5.74) is 9.11. The zero-order valence-electron chi connectivity index (χ0n) is 13.3. The Hall–Kier alpha value is -3.12. The Morgan fingerprint density at radius 3 is 2.76 bits per heavy atom. The van der Waals surface area contributed by atoms with Crippen LogP contribution in [0.15, 0.2) is 67.0 Å². The summed E-state index contributed by atoms with van der Waals surface area (Å²) in [4.78, 5) is 18.6. The predicted molar refractivity (Wildman–Crippen MR) is 102 cm³/mol. The third-order valence-electron chi connectivity index (χ3n) is 3.95. The summed E-state index contributed by atoms with van der Waals surface area (Å²) in [6.07, 6.45) is 1.83. The Morgan fingerprint density at radius 1 is 1.08 bits per heavy atom. The molecule has 1 amide bonds. The molecule has 0 aliphatic heterocycles. The lowest BCUT2D eigenvalue weighted by Crippen LogP contribution is -2.11. The molecule has 4 rings (SSSR count). The predicted octanol–water partition coefficient (Wildman–Crippen LogP) is 3.98. The molecule has 0 fully saturated rings. The number of imidazole rings is 1. The number of anilines is 2. The molecule has 0 atom stereocenters. The van der Waals surface area contributed by atoms with Crippen LogP contribution >= 0.6 is 11.3 Å². The molecule has 0 radical (unpaired) electrons. The van der Waals surface area contributed by atoms with Crippen molar-refractivity contribution in [1.29, 1.82) is 0 Å². The minimum absolute atomic E-state index is 0.148. The number of para-hydroxylation sites is 4. The van der Waals surface area contributed by atoms with E-state index >= 15 is 0 Å². The van der Waals surface area contributed by atoms with Gasteiger partial charge in [0.1, 0.15) is 0 Å². The highest BCUT2D eigenvalue weighted by atomic mass is 32.1. The van der Waals surface area contributed by atoms with Gasteiger partial charge < -0.3 is 15.6 Å². The second-order valence-corrected chi connectivity index (χ2v) is 6.84. The van der Waals surface area contributed by atoms with Crippen LogP contribution < -0.4 is 11.1 Å². The van der Waals surface area contributed by atoms with Gasteiger partial charge >= 0.3 is 0 Å². The summed E-state index contributed by atoms with van der Waals surface area (Å²) < 4.78 is 2.08. The van der Waals surface area contributed by atoms with Gasteiger partial charge in [-0.2, -0.15) is 0 Å². The van der Waals surface area contributed by atoms with E-state index < -0.39 is 0 Å². The number of hydrogen-bond acceptors (Lipinski definition) is 4. The fraction of sp³-hybridized carbons (Fsp3) is 0.0526. The lowest BCUT2D eigenvalue weighted by atomic mass is 10.2. The van der Waals surface area contributed by atoms with E-state index in [2.05, 4.69) is 14.9 Å². The number of amides is 1. The molecule has 6 heteroatoms. The molecule has 3 N–H and O–H groups in total. The van der Waals surface area contributed by atoms with E-state index in [9.17, 15) is 4.79 Å². The molecule has 2 heterocycles. The Morgan fingerprint density at radius 2 is 1.88 bits per heavy atom. The first kappa shape index (κ1) is 15.4. The van der Waals surface area contributed by atoms with Crippen molar-refractivity contribution in [3.63, 3.8) is 0 Å². The van der Waals surface area contributed by atoms with Gasteiger partial charge in [0.25, 0.3) is 5.91 Å². The molecule has 0 spiro atoms. The minimum Gasteiger partial charge on any atom is -0.397 e. The van der Waals surface area contributed by atoms with Crippen LogP contribution in [0.5, 0.6) is 0 Å². The Balaban J connectivity index is 1.52. The highest BCUT2D eigenvalue weighted by molar-refractivity contribution is 7.14. The first-order valence-electron chi connectivity index (χ1n) is 7.85. The van der Waals surface area contributed by atoms with Crippen LogP contribution in [0.25, 0.3) is 11.0 Å². The van der Waals surface area contributed by atoms with Gasteiger partial charge in [0.15, 0.2) is 0 Å². The van der Waals surface area contributed by atoms with Crippen LogP contribution in [-0.4, -0.2) is 15.5 Å². The van der Waals surface area contributed by atoms with Crippen molar-refractivity contribution in [2.24, 2.45) is 0 Å². The van der Waals surface area contributed by atoms with Crippen molar-refractivity contribution in [1.82, 2.24) is 9.55 Å². The summed E-state index contributed by atoms with van der Waals surface area (Å²) in [7, 11) is 0. The number of hydrogen-bond donors (Lipinski definition) is 2.